The Morgan fingerprint density at radius 3 is 2.46 bits per heavy atom. The maximum absolute atomic E-state index is 12.3. The van der Waals surface area contributed by atoms with Gasteiger partial charge in [0.25, 0.3) is 0 Å². The fraction of sp³-hybridized carbons (Fsp3) is 0.579. The van der Waals surface area contributed by atoms with Gasteiger partial charge >= 0.3 is 0 Å². The summed E-state index contributed by atoms with van der Waals surface area (Å²) in [4.78, 5) is 24.5. The highest BCUT2D eigenvalue weighted by molar-refractivity contribution is 5.90. The molecular weight excluding hydrogens is 304 g/mol. The van der Waals surface area contributed by atoms with Crippen LogP contribution in [0.4, 0.5) is 0 Å². The molecule has 24 heavy (non-hydrogen) atoms. The van der Waals surface area contributed by atoms with E-state index in [-0.39, 0.29) is 18.2 Å². The third-order valence-corrected chi connectivity index (χ3v) is 4.61. The van der Waals surface area contributed by atoms with Crippen molar-refractivity contribution >= 4 is 11.8 Å². The maximum Gasteiger partial charge on any atom is 0.245 e. The second-order valence-electron chi connectivity index (χ2n) is 7.16. The molecule has 132 valence electrons. The van der Waals surface area contributed by atoms with Gasteiger partial charge in [0.05, 0.1) is 12.5 Å². The van der Waals surface area contributed by atoms with Gasteiger partial charge < -0.3 is 15.7 Å². The summed E-state index contributed by atoms with van der Waals surface area (Å²) in [5.74, 6) is 0.0321. The molecule has 2 rings (SSSR count). The van der Waals surface area contributed by atoms with E-state index in [1.807, 2.05) is 18.2 Å². The Kier molecular flexibility index (Phi) is 6.37. The monoisotopic (exact) mass is 332 g/mol. The van der Waals surface area contributed by atoms with Crippen LogP contribution in [0.5, 0.6) is 0 Å². The highest BCUT2D eigenvalue weighted by Gasteiger charge is 2.30. The first-order valence-corrected chi connectivity index (χ1v) is 8.71. The molecule has 1 aliphatic carbocycles. The summed E-state index contributed by atoms with van der Waals surface area (Å²) in [6.45, 7) is 4.04. The van der Waals surface area contributed by atoms with Crippen LogP contribution in [0, 0.1) is 5.92 Å². The molecule has 1 fully saturated rings. The number of aliphatic hydroxyl groups excluding tert-OH is 1. The van der Waals surface area contributed by atoms with Crippen LogP contribution < -0.4 is 10.6 Å². The van der Waals surface area contributed by atoms with Gasteiger partial charge in [0.15, 0.2) is 0 Å². The Morgan fingerprint density at radius 1 is 1.21 bits per heavy atom. The fourth-order valence-corrected chi connectivity index (χ4v) is 3.10. The van der Waals surface area contributed by atoms with Crippen LogP contribution in [0.2, 0.25) is 0 Å². The number of carbonyl (C=O) groups is 2. The van der Waals surface area contributed by atoms with Crippen LogP contribution in [0.15, 0.2) is 30.3 Å². The Hall–Kier alpha value is -1.88. The summed E-state index contributed by atoms with van der Waals surface area (Å²) in [6, 6.07) is 9.04. The molecule has 3 N–H and O–H groups in total. The molecular formula is C19H28N2O3. The van der Waals surface area contributed by atoms with E-state index < -0.39 is 11.6 Å². The van der Waals surface area contributed by atoms with Gasteiger partial charge in [-0.15, -0.1) is 0 Å². The maximum atomic E-state index is 12.3. The van der Waals surface area contributed by atoms with Crippen LogP contribution >= 0.6 is 0 Å². The van der Waals surface area contributed by atoms with Crippen molar-refractivity contribution in [3.8, 4) is 0 Å². The normalized spacial score (nSPS) is 16.6. The van der Waals surface area contributed by atoms with Crippen LogP contribution in [-0.2, 0) is 9.59 Å². The number of aliphatic hydroxyl groups is 1. The van der Waals surface area contributed by atoms with E-state index in [9.17, 15) is 14.7 Å². The van der Waals surface area contributed by atoms with Crippen molar-refractivity contribution in [2.24, 2.45) is 5.92 Å². The van der Waals surface area contributed by atoms with Crippen LogP contribution in [0.25, 0.3) is 0 Å². The van der Waals surface area contributed by atoms with Gasteiger partial charge in [-0.1, -0.05) is 43.2 Å². The van der Waals surface area contributed by atoms with E-state index >= 15 is 0 Å². The molecule has 5 nitrogen and oxygen atoms in total. The minimum absolute atomic E-state index is 0.0661. The molecule has 2 amide bonds. The van der Waals surface area contributed by atoms with Gasteiger partial charge in [0.2, 0.25) is 11.8 Å². The van der Waals surface area contributed by atoms with Crippen LogP contribution in [-0.4, -0.2) is 29.0 Å². The summed E-state index contributed by atoms with van der Waals surface area (Å²) < 4.78 is 0. The van der Waals surface area contributed by atoms with Crippen molar-refractivity contribution in [2.45, 2.75) is 57.6 Å². The number of nitrogens with one attached hydrogen (secondary N) is 2. The second kappa shape index (κ2) is 8.29. The van der Waals surface area contributed by atoms with Gasteiger partial charge in [0, 0.05) is 6.54 Å². The Labute approximate surface area is 143 Å². The number of hydrogen-bond acceptors (Lipinski definition) is 3. The zero-order valence-corrected chi connectivity index (χ0v) is 14.5. The Bertz CT molecular complexity index is 551. The minimum Gasteiger partial charge on any atom is -0.388 e. The largest absolute Gasteiger partial charge is 0.388 e. The molecule has 0 heterocycles. The lowest BCUT2D eigenvalue weighted by Crippen LogP contribution is -2.55. The molecule has 1 unspecified atom stereocenters. The van der Waals surface area contributed by atoms with Gasteiger partial charge in [-0.05, 0) is 38.2 Å². The first-order valence-electron chi connectivity index (χ1n) is 8.71. The number of amides is 2. The summed E-state index contributed by atoms with van der Waals surface area (Å²) in [6.07, 6.45) is 3.86. The van der Waals surface area contributed by atoms with E-state index in [1.54, 1.807) is 26.0 Å². The highest BCUT2D eigenvalue weighted by Crippen LogP contribution is 2.24. The quantitative estimate of drug-likeness (QED) is 0.717. The van der Waals surface area contributed by atoms with Gasteiger partial charge in [0.1, 0.15) is 5.54 Å². The molecule has 0 saturated heterocycles. The minimum atomic E-state index is -0.994. The summed E-state index contributed by atoms with van der Waals surface area (Å²) in [7, 11) is 0. The third kappa shape index (κ3) is 5.34. The number of rotatable bonds is 7. The molecule has 5 heteroatoms. The van der Waals surface area contributed by atoms with Crippen molar-refractivity contribution in [2.75, 3.05) is 6.54 Å². The van der Waals surface area contributed by atoms with E-state index in [2.05, 4.69) is 10.6 Å². The van der Waals surface area contributed by atoms with Gasteiger partial charge in [-0.2, -0.15) is 0 Å². The molecule has 0 aliphatic heterocycles. The average molecular weight is 332 g/mol. The van der Waals surface area contributed by atoms with Crippen molar-refractivity contribution in [1.82, 2.24) is 10.6 Å². The molecule has 1 aromatic rings. The molecule has 1 saturated carbocycles. The van der Waals surface area contributed by atoms with Gasteiger partial charge in [-0.25, -0.2) is 0 Å². The third-order valence-electron chi connectivity index (χ3n) is 4.61. The number of hydrogen-bond donors (Lipinski definition) is 3. The smallest absolute Gasteiger partial charge is 0.245 e. The van der Waals surface area contributed by atoms with Gasteiger partial charge in [-0.3, -0.25) is 9.59 Å². The van der Waals surface area contributed by atoms with Crippen molar-refractivity contribution < 1.29 is 14.7 Å². The number of carbonyl (C=O) groups excluding carboxylic acids is 2. The van der Waals surface area contributed by atoms with E-state index in [0.717, 1.165) is 12.8 Å². The predicted molar refractivity (Wildman–Crippen MR) is 93.2 cm³/mol. The van der Waals surface area contributed by atoms with E-state index in [1.165, 1.54) is 12.8 Å². The zero-order valence-electron chi connectivity index (χ0n) is 14.5. The molecule has 1 atom stereocenters. The lowest BCUT2D eigenvalue weighted by molar-refractivity contribution is -0.133. The Morgan fingerprint density at radius 2 is 1.83 bits per heavy atom. The van der Waals surface area contributed by atoms with Crippen molar-refractivity contribution in [3.05, 3.63) is 35.9 Å². The highest BCUT2D eigenvalue weighted by atomic mass is 16.3. The Balaban J connectivity index is 1.80. The SMILES string of the molecule is CC(C)(NC(=O)CC(O)c1ccccc1)C(=O)NCC1CCCC1. The molecule has 0 radical (unpaired) electrons. The molecule has 1 aliphatic rings. The first kappa shape index (κ1) is 18.5. The van der Waals surface area contributed by atoms with Crippen molar-refractivity contribution in [3.63, 3.8) is 0 Å². The number of benzene rings is 1. The van der Waals surface area contributed by atoms with Crippen molar-refractivity contribution in [1.29, 1.82) is 0 Å². The standard InChI is InChI=1S/C19H28N2O3/c1-19(2,18(24)20-13-14-8-6-7-9-14)21-17(23)12-16(22)15-10-4-3-5-11-15/h3-5,10-11,14,16,22H,6-9,12-13H2,1-2H3,(H,20,24)(H,21,23). The van der Waals surface area contributed by atoms with E-state index in [0.29, 0.717) is 18.0 Å². The summed E-state index contributed by atoms with van der Waals surface area (Å²) in [5, 5.41) is 15.8. The predicted octanol–water partition coefficient (Wildman–Crippen LogP) is 2.31. The second-order valence-corrected chi connectivity index (χ2v) is 7.16. The molecule has 0 spiro atoms. The molecule has 1 aromatic carbocycles. The first-order chi connectivity index (χ1) is 11.4. The lowest BCUT2D eigenvalue weighted by Gasteiger charge is -2.26. The molecule has 0 bridgehead atoms. The summed E-state index contributed by atoms with van der Waals surface area (Å²) >= 11 is 0. The van der Waals surface area contributed by atoms with E-state index in [4.69, 9.17) is 0 Å². The van der Waals surface area contributed by atoms with Crippen LogP contribution in [0.3, 0.4) is 0 Å². The van der Waals surface area contributed by atoms with Crippen LogP contribution in [0.1, 0.15) is 57.6 Å². The molecule has 0 aromatic heterocycles. The lowest BCUT2D eigenvalue weighted by atomic mass is 10.0. The average Bonchev–Trinajstić information content (AvgIpc) is 3.06. The summed E-state index contributed by atoms with van der Waals surface area (Å²) in [5.41, 5.74) is -0.303. The topological polar surface area (TPSA) is 78.4 Å². The fourth-order valence-electron chi connectivity index (χ4n) is 3.10. The zero-order chi connectivity index (χ0) is 17.6.